The molecule has 0 atom stereocenters. The van der Waals surface area contributed by atoms with Crippen LogP contribution in [0.5, 0.6) is 0 Å². The van der Waals surface area contributed by atoms with Crippen LogP contribution in [0.4, 0.5) is 11.4 Å². The molecule has 1 aromatic carbocycles. The Morgan fingerprint density at radius 2 is 1.90 bits per heavy atom. The molecule has 1 fully saturated rings. The zero-order valence-corrected chi connectivity index (χ0v) is 12.3. The van der Waals surface area contributed by atoms with Gasteiger partial charge in [-0.05, 0) is 31.7 Å². The minimum atomic E-state index is -0.546. The van der Waals surface area contributed by atoms with Gasteiger partial charge < -0.3 is 16.8 Å². The maximum Gasteiger partial charge on any atom is 0.270 e. The number of non-ortho nitro benzene ring substituents is 1. The van der Waals surface area contributed by atoms with E-state index in [1.807, 2.05) is 0 Å². The lowest BCUT2D eigenvalue weighted by Crippen LogP contribution is -2.40. The summed E-state index contributed by atoms with van der Waals surface area (Å²) in [5.74, 6) is -0.369. The van der Waals surface area contributed by atoms with Gasteiger partial charge in [0.1, 0.15) is 0 Å². The molecular formula is C13H19ClN4O3. The number of hydrogen-bond donors (Lipinski definition) is 3. The second kappa shape index (κ2) is 7.24. The number of anilines is 1. The summed E-state index contributed by atoms with van der Waals surface area (Å²) in [4.78, 5) is 22.3. The van der Waals surface area contributed by atoms with Crippen LogP contribution >= 0.6 is 12.4 Å². The summed E-state index contributed by atoms with van der Waals surface area (Å²) in [6.07, 6.45) is 3.38. The molecule has 0 unspecified atom stereocenters. The molecule has 0 saturated heterocycles. The quantitative estimate of drug-likeness (QED) is 0.444. The van der Waals surface area contributed by atoms with Crippen LogP contribution in [0, 0.1) is 10.1 Å². The van der Waals surface area contributed by atoms with Gasteiger partial charge in [-0.15, -0.1) is 12.4 Å². The first-order valence-corrected chi connectivity index (χ1v) is 6.57. The third kappa shape index (κ3) is 4.30. The van der Waals surface area contributed by atoms with Gasteiger partial charge >= 0.3 is 0 Å². The van der Waals surface area contributed by atoms with Crippen molar-refractivity contribution < 1.29 is 9.72 Å². The van der Waals surface area contributed by atoms with Crippen molar-refractivity contribution in [2.45, 2.75) is 37.8 Å². The topological polar surface area (TPSA) is 124 Å². The molecule has 0 spiro atoms. The van der Waals surface area contributed by atoms with Gasteiger partial charge in [0.05, 0.1) is 10.5 Å². The first kappa shape index (κ1) is 17.2. The molecule has 0 aliphatic heterocycles. The number of amides is 1. The fourth-order valence-corrected chi connectivity index (χ4v) is 2.38. The summed E-state index contributed by atoms with van der Waals surface area (Å²) in [5, 5.41) is 13.6. The molecule has 116 valence electrons. The van der Waals surface area contributed by atoms with Gasteiger partial charge in [-0.3, -0.25) is 14.9 Å². The van der Waals surface area contributed by atoms with E-state index in [1.54, 1.807) is 0 Å². The maximum atomic E-state index is 12.1. The van der Waals surface area contributed by atoms with Crippen LogP contribution in [0.3, 0.4) is 0 Å². The Morgan fingerprint density at radius 3 is 2.48 bits per heavy atom. The molecule has 0 heterocycles. The number of halogens is 1. The number of nitro groups is 1. The standard InChI is InChI=1S/C13H18N4O3.ClH/c14-8-1-3-9(4-2-8)16-13(18)11-7-10(17(19)20)5-6-12(11)15;/h5-9H,1-4,14-15H2,(H,16,18);1H. The van der Waals surface area contributed by atoms with E-state index in [4.69, 9.17) is 11.5 Å². The van der Waals surface area contributed by atoms with Crippen LogP contribution in [0.1, 0.15) is 36.0 Å². The predicted molar refractivity (Wildman–Crippen MR) is 82.5 cm³/mol. The van der Waals surface area contributed by atoms with Gasteiger partial charge in [-0.2, -0.15) is 0 Å². The third-order valence-electron chi connectivity index (χ3n) is 3.60. The van der Waals surface area contributed by atoms with Crippen molar-refractivity contribution in [3.05, 3.63) is 33.9 Å². The molecule has 1 saturated carbocycles. The number of nitrogens with one attached hydrogen (secondary N) is 1. The van der Waals surface area contributed by atoms with Crippen molar-refractivity contribution in [2.75, 3.05) is 5.73 Å². The van der Waals surface area contributed by atoms with E-state index in [-0.39, 0.29) is 47.3 Å². The highest BCUT2D eigenvalue weighted by atomic mass is 35.5. The van der Waals surface area contributed by atoms with Crippen LogP contribution in [0.2, 0.25) is 0 Å². The average molecular weight is 315 g/mol. The van der Waals surface area contributed by atoms with Crippen molar-refractivity contribution in [1.82, 2.24) is 5.32 Å². The summed E-state index contributed by atoms with van der Waals surface area (Å²) in [6, 6.07) is 4.13. The zero-order chi connectivity index (χ0) is 14.7. The minimum Gasteiger partial charge on any atom is -0.398 e. The largest absolute Gasteiger partial charge is 0.398 e. The molecule has 0 bridgehead atoms. The van der Waals surface area contributed by atoms with Crippen LogP contribution in [0.25, 0.3) is 0 Å². The number of carbonyl (C=O) groups excluding carboxylic acids is 1. The predicted octanol–water partition coefficient (Wildman–Crippen LogP) is 1.60. The molecule has 7 nitrogen and oxygen atoms in total. The number of nitrogens with zero attached hydrogens (tertiary/aromatic N) is 1. The molecular weight excluding hydrogens is 296 g/mol. The summed E-state index contributed by atoms with van der Waals surface area (Å²) in [7, 11) is 0. The Bertz CT molecular complexity index is 530. The van der Waals surface area contributed by atoms with Gasteiger partial charge in [0.15, 0.2) is 0 Å². The van der Waals surface area contributed by atoms with Crippen molar-refractivity contribution in [3.63, 3.8) is 0 Å². The number of nitro benzene ring substituents is 1. The highest BCUT2D eigenvalue weighted by Gasteiger charge is 2.22. The summed E-state index contributed by atoms with van der Waals surface area (Å²) >= 11 is 0. The lowest BCUT2D eigenvalue weighted by molar-refractivity contribution is -0.384. The molecule has 1 aliphatic carbocycles. The van der Waals surface area contributed by atoms with E-state index in [1.165, 1.54) is 18.2 Å². The third-order valence-corrected chi connectivity index (χ3v) is 3.60. The average Bonchev–Trinajstić information content (AvgIpc) is 2.41. The van der Waals surface area contributed by atoms with Crippen LogP contribution in [0.15, 0.2) is 18.2 Å². The Labute approximate surface area is 128 Å². The molecule has 1 aromatic rings. The van der Waals surface area contributed by atoms with E-state index in [0.29, 0.717) is 0 Å². The fraction of sp³-hybridized carbons (Fsp3) is 0.462. The van der Waals surface area contributed by atoms with Crippen molar-refractivity contribution >= 4 is 29.7 Å². The maximum absolute atomic E-state index is 12.1. The molecule has 2 rings (SSSR count). The summed E-state index contributed by atoms with van der Waals surface area (Å²) < 4.78 is 0. The summed E-state index contributed by atoms with van der Waals surface area (Å²) in [5.41, 5.74) is 11.8. The highest BCUT2D eigenvalue weighted by molar-refractivity contribution is 5.99. The molecule has 1 amide bonds. The SMILES string of the molecule is Cl.Nc1ccc([N+](=O)[O-])cc1C(=O)NC1CCC(N)CC1. The Kier molecular flexibility index (Phi) is 5.92. The van der Waals surface area contributed by atoms with E-state index in [0.717, 1.165) is 25.7 Å². The number of benzene rings is 1. The monoisotopic (exact) mass is 314 g/mol. The van der Waals surface area contributed by atoms with E-state index < -0.39 is 4.92 Å². The van der Waals surface area contributed by atoms with Crippen molar-refractivity contribution in [1.29, 1.82) is 0 Å². The Morgan fingerprint density at radius 1 is 1.29 bits per heavy atom. The fourth-order valence-electron chi connectivity index (χ4n) is 2.38. The first-order chi connectivity index (χ1) is 9.47. The van der Waals surface area contributed by atoms with Gasteiger partial charge in [0, 0.05) is 29.9 Å². The smallest absolute Gasteiger partial charge is 0.270 e. The molecule has 21 heavy (non-hydrogen) atoms. The van der Waals surface area contributed by atoms with Gasteiger partial charge in [-0.25, -0.2) is 0 Å². The van der Waals surface area contributed by atoms with Crippen LogP contribution < -0.4 is 16.8 Å². The number of nitrogens with two attached hydrogens (primary N) is 2. The lowest BCUT2D eigenvalue weighted by Gasteiger charge is -2.26. The van der Waals surface area contributed by atoms with Crippen LogP contribution in [-0.2, 0) is 0 Å². The van der Waals surface area contributed by atoms with Gasteiger partial charge in [0.2, 0.25) is 0 Å². The molecule has 5 N–H and O–H groups in total. The van der Waals surface area contributed by atoms with Crippen molar-refractivity contribution in [2.24, 2.45) is 5.73 Å². The van der Waals surface area contributed by atoms with E-state index in [2.05, 4.69) is 5.32 Å². The molecule has 1 aliphatic rings. The van der Waals surface area contributed by atoms with Gasteiger partial charge in [-0.1, -0.05) is 0 Å². The number of carbonyl (C=O) groups is 1. The van der Waals surface area contributed by atoms with E-state index >= 15 is 0 Å². The number of nitrogen functional groups attached to an aromatic ring is 1. The van der Waals surface area contributed by atoms with Crippen molar-refractivity contribution in [3.8, 4) is 0 Å². The van der Waals surface area contributed by atoms with Crippen LogP contribution in [-0.4, -0.2) is 22.9 Å². The normalized spacial score (nSPS) is 21.2. The Hall–Kier alpha value is -1.86. The highest BCUT2D eigenvalue weighted by Crippen LogP contribution is 2.21. The second-order valence-electron chi connectivity index (χ2n) is 5.11. The zero-order valence-electron chi connectivity index (χ0n) is 11.5. The molecule has 0 aromatic heterocycles. The lowest BCUT2D eigenvalue weighted by atomic mass is 9.91. The summed E-state index contributed by atoms with van der Waals surface area (Å²) in [6.45, 7) is 0. The van der Waals surface area contributed by atoms with E-state index in [9.17, 15) is 14.9 Å². The molecule has 8 heteroatoms. The second-order valence-corrected chi connectivity index (χ2v) is 5.11. The number of rotatable bonds is 3. The minimum absolute atomic E-state index is 0. The Balaban J connectivity index is 0.00000220. The first-order valence-electron chi connectivity index (χ1n) is 6.57. The molecule has 0 radical (unpaired) electrons. The number of hydrogen-bond acceptors (Lipinski definition) is 5. The van der Waals surface area contributed by atoms with Gasteiger partial charge in [0.25, 0.3) is 11.6 Å².